The molecule has 0 heterocycles. The van der Waals surface area contributed by atoms with Crippen LogP contribution in [0.5, 0.6) is 5.75 Å². The fourth-order valence-corrected chi connectivity index (χ4v) is 2.35. The summed E-state index contributed by atoms with van der Waals surface area (Å²) in [4.78, 5) is 12.2. The third-order valence-corrected chi connectivity index (χ3v) is 3.74. The number of carbonyl (C=O) groups excluding carboxylic acids is 1. The second kappa shape index (κ2) is 8.55. The molecule has 0 aliphatic rings. The van der Waals surface area contributed by atoms with Crippen molar-refractivity contribution < 1.29 is 9.90 Å². The van der Waals surface area contributed by atoms with Crippen LogP contribution in [-0.4, -0.2) is 17.6 Å². The van der Waals surface area contributed by atoms with Crippen LogP contribution in [0, 0.1) is 25.2 Å². The Kier molecular flexibility index (Phi) is 6.19. The van der Waals surface area contributed by atoms with Crippen LogP contribution in [0.1, 0.15) is 16.7 Å². The van der Waals surface area contributed by atoms with E-state index in [1.54, 1.807) is 12.1 Å². The largest absolute Gasteiger partial charge is 0.508 e. The molecule has 128 valence electrons. The molecule has 0 fully saturated rings. The number of aromatic hydroxyl groups is 1. The molecule has 25 heavy (non-hydrogen) atoms. The Balaban J connectivity index is 1.91. The van der Waals surface area contributed by atoms with Crippen molar-refractivity contribution in [3.05, 3.63) is 70.9 Å². The Morgan fingerprint density at radius 2 is 1.92 bits per heavy atom. The summed E-state index contributed by atoms with van der Waals surface area (Å²) in [5.74, 6) is -0.210. The van der Waals surface area contributed by atoms with Gasteiger partial charge in [-0.2, -0.15) is 5.26 Å². The quantitative estimate of drug-likeness (QED) is 0.430. The molecule has 2 aromatic rings. The minimum atomic E-state index is -0.438. The number of aryl methyl sites for hydroxylation is 2. The second-order valence-corrected chi connectivity index (χ2v) is 5.81. The molecular weight excluding hydrogens is 314 g/mol. The van der Waals surface area contributed by atoms with Crippen LogP contribution in [0.4, 0.5) is 5.69 Å². The fourth-order valence-electron chi connectivity index (χ4n) is 2.35. The van der Waals surface area contributed by atoms with Gasteiger partial charge in [-0.1, -0.05) is 29.8 Å². The van der Waals surface area contributed by atoms with E-state index in [9.17, 15) is 15.2 Å². The summed E-state index contributed by atoms with van der Waals surface area (Å²) in [6.07, 6.45) is 2.15. The van der Waals surface area contributed by atoms with Gasteiger partial charge in [-0.05, 0) is 49.6 Å². The number of hydrogen-bond acceptors (Lipinski definition) is 4. The normalized spacial score (nSPS) is 10.8. The molecule has 5 nitrogen and oxygen atoms in total. The van der Waals surface area contributed by atoms with E-state index in [4.69, 9.17) is 0 Å². The Hall–Kier alpha value is -3.26. The van der Waals surface area contributed by atoms with Crippen molar-refractivity contribution in [1.82, 2.24) is 5.32 Å². The third-order valence-electron chi connectivity index (χ3n) is 3.74. The minimum Gasteiger partial charge on any atom is -0.508 e. The average Bonchev–Trinajstić information content (AvgIpc) is 2.59. The molecule has 2 aromatic carbocycles. The molecule has 0 saturated heterocycles. The van der Waals surface area contributed by atoms with Gasteiger partial charge < -0.3 is 15.7 Å². The number of nitrogens with zero attached hydrogens (tertiary/aromatic N) is 1. The predicted molar refractivity (Wildman–Crippen MR) is 98.1 cm³/mol. The molecule has 0 aromatic heterocycles. The Morgan fingerprint density at radius 1 is 1.20 bits per heavy atom. The van der Waals surface area contributed by atoms with Crippen LogP contribution in [0.15, 0.2) is 54.2 Å². The van der Waals surface area contributed by atoms with Gasteiger partial charge in [0.15, 0.2) is 0 Å². The summed E-state index contributed by atoms with van der Waals surface area (Å²) in [5.41, 5.74) is 3.83. The Morgan fingerprint density at radius 3 is 2.56 bits per heavy atom. The van der Waals surface area contributed by atoms with Gasteiger partial charge in [-0.3, -0.25) is 4.79 Å². The third kappa shape index (κ3) is 5.40. The van der Waals surface area contributed by atoms with Crippen LogP contribution in [0.25, 0.3) is 0 Å². The maximum absolute atomic E-state index is 12.2. The van der Waals surface area contributed by atoms with E-state index in [0.717, 1.165) is 16.7 Å². The van der Waals surface area contributed by atoms with E-state index in [2.05, 4.69) is 10.6 Å². The first kappa shape index (κ1) is 18.1. The zero-order chi connectivity index (χ0) is 18.2. The maximum atomic E-state index is 12.2. The monoisotopic (exact) mass is 335 g/mol. The molecule has 5 heteroatoms. The van der Waals surface area contributed by atoms with Gasteiger partial charge in [-0.25, -0.2) is 0 Å². The van der Waals surface area contributed by atoms with Crippen molar-refractivity contribution in [3.8, 4) is 11.8 Å². The highest BCUT2D eigenvalue weighted by Crippen LogP contribution is 2.16. The van der Waals surface area contributed by atoms with Crippen molar-refractivity contribution >= 4 is 11.6 Å². The number of benzene rings is 2. The number of hydrogen-bond donors (Lipinski definition) is 3. The molecule has 0 bridgehead atoms. The highest BCUT2D eigenvalue weighted by atomic mass is 16.3. The highest BCUT2D eigenvalue weighted by molar-refractivity contribution is 6.06. The summed E-state index contributed by atoms with van der Waals surface area (Å²) >= 11 is 0. The number of phenolic OH excluding ortho intramolecular Hbond substituents is 1. The van der Waals surface area contributed by atoms with Gasteiger partial charge in [0.05, 0.1) is 0 Å². The van der Waals surface area contributed by atoms with Crippen LogP contribution in [0.3, 0.4) is 0 Å². The van der Waals surface area contributed by atoms with Crippen molar-refractivity contribution in [3.63, 3.8) is 0 Å². The molecule has 0 aliphatic carbocycles. The van der Waals surface area contributed by atoms with Crippen LogP contribution in [0.2, 0.25) is 0 Å². The van der Waals surface area contributed by atoms with Gasteiger partial charge in [0, 0.05) is 18.4 Å². The van der Waals surface area contributed by atoms with Crippen molar-refractivity contribution in [2.45, 2.75) is 20.3 Å². The fraction of sp³-hybridized carbons (Fsp3) is 0.200. The van der Waals surface area contributed by atoms with Crippen molar-refractivity contribution in [2.75, 3.05) is 11.9 Å². The summed E-state index contributed by atoms with van der Waals surface area (Å²) in [6.45, 7) is 4.47. The molecule has 0 aliphatic heterocycles. The summed E-state index contributed by atoms with van der Waals surface area (Å²) in [7, 11) is 0. The SMILES string of the molecule is Cc1ccc(NC(=O)/C(C#N)=C\NCCc2ccc(O)cc2)c(C)c1. The summed E-state index contributed by atoms with van der Waals surface area (Å²) < 4.78 is 0. The first-order chi connectivity index (χ1) is 12.0. The zero-order valence-electron chi connectivity index (χ0n) is 14.3. The molecule has 0 atom stereocenters. The lowest BCUT2D eigenvalue weighted by Gasteiger charge is -2.09. The summed E-state index contributed by atoms with van der Waals surface area (Å²) in [6, 6.07) is 14.5. The molecule has 1 amide bonds. The lowest BCUT2D eigenvalue weighted by molar-refractivity contribution is -0.112. The molecular formula is C20H21N3O2. The maximum Gasteiger partial charge on any atom is 0.267 e. The van der Waals surface area contributed by atoms with Gasteiger partial charge in [0.1, 0.15) is 17.4 Å². The van der Waals surface area contributed by atoms with Crippen LogP contribution < -0.4 is 10.6 Å². The molecule has 0 saturated carbocycles. The zero-order valence-corrected chi connectivity index (χ0v) is 14.3. The lowest BCUT2D eigenvalue weighted by atomic mass is 10.1. The number of amides is 1. The number of anilines is 1. The van der Waals surface area contributed by atoms with E-state index in [1.807, 2.05) is 50.2 Å². The number of nitriles is 1. The molecule has 2 rings (SSSR count). The number of nitrogens with one attached hydrogen (secondary N) is 2. The first-order valence-corrected chi connectivity index (χ1v) is 8.00. The van der Waals surface area contributed by atoms with Gasteiger partial charge >= 0.3 is 0 Å². The first-order valence-electron chi connectivity index (χ1n) is 8.00. The van der Waals surface area contributed by atoms with Crippen molar-refractivity contribution in [2.24, 2.45) is 0 Å². The van der Waals surface area contributed by atoms with E-state index < -0.39 is 5.91 Å². The van der Waals surface area contributed by atoms with E-state index in [-0.39, 0.29) is 11.3 Å². The van der Waals surface area contributed by atoms with Crippen LogP contribution in [-0.2, 0) is 11.2 Å². The van der Waals surface area contributed by atoms with Crippen molar-refractivity contribution in [1.29, 1.82) is 5.26 Å². The second-order valence-electron chi connectivity index (χ2n) is 5.81. The van der Waals surface area contributed by atoms with Gasteiger partial charge in [0.25, 0.3) is 5.91 Å². The molecule has 0 spiro atoms. The Labute approximate surface area is 147 Å². The van der Waals surface area contributed by atoms with Gasteiger partial charge in [0.2, 0.25) is 0 Å². The number of carbonyl (C=O) groups is 1. The molecule has 3 N–H and O–H groups in total. The summed E-state index contributed by atoms with van der Waals surface area (Å²) in [5, 5.41) is 24.2. The molecule has 0 radical (unpaired) electrons. The minimum absolute atomic E-state index is 0.0191. The average molecular weight is 335 g/mol. The number of rotatable bonds is 6. The smallest absolute Gasteiger partial charge is 0.267 e. The van der Waals surface area contributed by atoms with E-state index in [0.29, 0.717) is 18.7 Å². The number of phenols is 1. The highest BCUT2D eigenvalue weighted by Gasteiger charge is 2.10. The standard InChI is InChI=1S/C20H21N3O2/c1-14-3-8-19(15(2)11-14)23-20(25)17(12-21)13-22-10-9-16-4-6-18(24)7-5-16/h3-8,11,13,22,24H,9-10H2,1-2H3,(H,23,25)/b17-13-. The topological polar surface area (TPSA) is 85.2 Å². The Bertz CT molecular complexity index is 818. The van der Waals surface area contributed by atoms with E-state index >= 15 is 0 Å². The van der Waals surface area contributed by atoms with E-state index in [1.165, 1.54) is 6.20 Å². The van der Waals surface area contributed by atoms with Gasteiger partial charge in [-0.15, -0.1) is 0 Å². The van der Waals surface area contributed by atoms with Crippen LogP contribution >= 0.6 is 0 Å². The molecule has 0 unspecified atom stereocenters. The lowest BCUT2D eigenvalue weighted by Crippen LogP contribution is -2.18. The predicted octanol–water partition coefficient (Wildman–Crippen LogP) is 3.19.